The van der Waals surface area contributed by atoms with Crippen molar-refractivity contribution in [3.8, 4) is 5.75 Å². The van der Waals surface area contributed by atoms with Crippen molar-refractivity contribution in [3.05, 3.63) is 63.6 Å². The third kappa shape index (κ3) is 4.20. The molecule has 0 aliphatic heterocycles. The second kappa shape index (κ2) is 7.42. The summed E-state index contributed by atoms with van der Waals surface area (Å²) in [6.45, 7) is -0.0495. The number of rotatable bonds is 5. The fourth-order valence-corrected chi connectivity index (χ4v) is 2.96. The summed E-state index contributed by atoms with van der Waals surface area (Å²) in [5, 5.41) is 3.94. The lowest BCUT2D eigenvalue weighted by molar-refractivity contribution is -0.123. The maximum Gasteiger partial charge on any atom is 0.277 e. The SMILES string of the molecule is O=C(COc1ccc2c(c1)CCC2)N/N=C/c1ccccc1Br. The molecule has 0 unspecified atom stereocenters. The van der Waals surface area contributed by atoms with Crippen LogP contribution in [0.1, 0.15) is 23.1 Å². The molecule has 0 atom stereocenters. The van der Waals surface area contributed by atoms with Crippen molar-refractivity contribution in [1.29, 1.82) is 0 Å². The summed E-state index contributed by atoms with van der Waals surface area (Å²) in [6.07, 6.45) is 5.02. The lowest BCUT2D eigenvalue weighted by atomic mass is 10.1. The highest BCUT2D eigenvalue weighted by Gasteiger charge is 2.11. The number of nitrogens with zero attached hydrogens (tertiary/aromatic N) is 1. The van der Waals surface area contributed by atoms with Crippen LogP contribution in [0.4, 0.5) is 0 Å². The minimum absolute atomic E-state index is 0.0495. The molecule has 0 saturated carbocycles. The molecule has 3 rings (SSSR count). The molecule has 4 nitrogen and oxygen atoms in total. The number of carbonyl (C=O) groups excluding carboxylic acids is 1. The molecule has 1 aliphatic rings. The fraction of sp³-hybridized carbons (Fsp3) is 0.222. The first-order chi connectivity index (χ1) is 11.2. The number of halogens is 1. The second-order valence-electron chi connectivity index (χ2n) is 5.39. The van der Waals surface area contributed by atoms with Gasteiger partial charge in [-0.1, -0.05) is 40.2 Å². The summed E-state index contributed by atoms with van der Waals surface area (Å²) in [6, 6.07) is 13.7. The van der Waals surface area contributed by atoms with E-state index in [1.807, 2.05) is 36.4 Å². The van der Waals surface area contributed by atoms with Gasteiger partial charge in [0.15, 0.2) is 6.61 Å². The molecule has 0 saturated heterocycles. The van der Waals surface area contributed by atoms with Crippen molar-refractivity contribution in [2.45, 2.75) is 19.3 Å². The van der Waals surface area contributed by atoms with Crippen LogP contribution in [0.2, 0.25) is 0 Å². The predicted octanol–water partition coefficient (Wildman–Crippen LogP) is 3.47. The molecule has 0 radical (unpaired) electrons. The standard InChI is InChI=1S/C18H17BrN2O2/c19-17-7-2-1-4-15(17)11-20-21-18(22)12-23-16-9-8-13-5-3-6-14(13)10-16/h1-2,4,7-11H,3,5-6,12H2,(H,21,22)/b20-11+. The first-order valence-corrected chi connectivity index (χ1v) is 8.33. The van der Waals surface area contributed by atoms with Crippen LogP contribution < -0.4 is 10.2 Å². The molecule has 23 heavy (non-hydrogen) atoms. The zero-order chi connectivity index (χ0) is 16.1. The van der Waals surface area contributed by atoms with Crippen molar-refractivity contribution in [2.75, 3.05) is 6.61 Å². The van der Waals surface area contributed by atoms with Gasteiger partial charge in [0.25, 0.3) is 5.91 Å². The van der Waals surface area contributed by atoms with Crippen LogP contribution in [0.25, 0.3) is 0 Å². The normalized spacial score (nSPS) is 13.1. The molecule has 0 heterocycles. The Bertz CT molecular complexity index is 744. The van der Waals surface area contributed by atoms with Crippen LogP contribution in [-0.4, -0.2) is 18.7 Å². The number of hydrogen-bond acceptors (Lipinski definition) is 3. The molecule has 118 valence electrons. The molecular formula is C18H17BrN2O2. The Balaban J connectivity index is 1.49. The Morgan fingerprint density at radius 2 is 2.04 bits per heavy atom. The van der Waals surface area contributed by atoms with Crippen molar-refractivity contribution in [2.24, 2.45) is 5.10 Å². The lowest BCUT2D eigenvalue weighted by Gasteiger charge is -2.07. The largest absolute Gasteiger partial charge is 0.484 e. The molecular weight excluding hydrogens is 356 g/mol. The minimum atomic E-state index is -0.284. The number of amides is 1. The molecule has 0 bridgehead atoms. The molecule has 1 N–H and O–H groups in total. The summed E-state index contributed by atoms with van der Waals surface area (Å²) in [5.41, 5.74) is 6.08. The Labute approximate surface area is 143 Å². The Kier molecular flexibility index (Phi) is 5.08. The van der Waals surface area contributed by atoms with Crippen LogP contribution >= 0.6 is 15.9 Å². The van der Waals surface area contributed by atoms with Crippen LogP contribution in [-0.2, 0) is 17.6 Å². The first kappa shape index (κ1) is 15.7. The van der Waals surface area contributed by atoms with Crippen molar-refractivity contribution in [3.63, 3.8) is 0 Å². The van der Waals surface area contributed by atoms with E-state index in [1.54, 1.807) is 6.21 Å². The van der Waals surface area contributed by atoms with E-state index >= 15 is 0 Å². The molecule has 2 aromatic carbocycles. The highest BCUT2D eigenvalue weighted by Crippen LogP contribution is 2.25. The van der Waals surface area contributed by atoms with E-state index in [0.717, 1.165) is 28.6 Å². The van der Waals surface area contributed by atoms with Crippen molar-refractivity contribution in [1.82, 2.24) is 5.43 Å². The summed E-state index contributed by atoms with van der Waals surface area (Å²) >= 11 is 3.42. The predicted molar refractivity (Wildman–Crippen MR) is 93.8 cm³/mol. The number of hydrazone groups is 1. The Morgan fingerprint density at radius 3 is 2.91 bits per heavy atom. The van der Waals surface area contributed by atoms with Gasteiger partial charge in [0.2, 0.25) is 0 Å². The van der Waals surface area contributed by atoms with Gasteiger partial charge in [-0.3, -0.25) is 4.79 Å². The number of ether oxygens (including phenoxy) is 1. The van der Waals surface area contributed by atoms with E-state index in [-0.39, 0.29) is 12.5 Å². The fourth-order valence-electron chi connectivity index (χ4n) is 2.57. The molecule has 1 amide bonds. The van der Waals surface area contributed by atoms with E-state index in [9.17, 15) is 4.79 Å². The quantitative estimate of drug-likeness (QED) is 0.645. The van der Waals surface area contributed by atoms with Crippen LogP contribution in [0, 0.1) is 0 Å². The summed E-state index contributed by atoms with van der Waals surface area (Å²) in [4.78, 5) is 11.8. The Hall–Kier alpha value is -2.14. The van der Waals surface area contributed by atoms with Crippen LogP contribution in [0.3, 0.4) is 0 Å². The number of nitrogens with one attached hydrogen (secondary N) is 1. The van der Waals surface area contributed by atoms with Crippen LogP contribution in [0.15, 0.2) is 52.0 Å². The topological polar surface area (TPSA) is 50.7 Å². The smallest absolute Gasteiger partial charge is 0.277 e. The number of benzene rings is 2. The van der Waals surface area contributed by atoms with Gasteiger partial charge in [-0.15, -0.1) is 0 Å². The van der Waals surface area contributed by atoms with Crippen LogP contribution in [0.5, 0.6) is 5.75 Å². The van der Waals surface area contributed by atoms with Gasteiger partial charge >= 0.3 is 0 Å². The molecule has 2 aromatic rings. The lowest BCUT2D eigenvalue weighted by Crippen LogP contribution is -2.24. The van der Waals surface area contributed by atoms with Gasteiger partial charge in [0.1, 0.15) is 5.75 Å². The summed E-state index contributed by atoms with van der Waals surface area (Å²) in [5.74, 6) is 0.449. The third-order valence-electron chi connectivity index (χ3n) is 3.74. The molecule has 0 fully saturated rings. The molecule has 5 heteroatoms. The minimum Gasteiger partial charge on any atom is -0.484 e. The maximum atomic E-state index is 11.8. The molecule has 0 spiro atoms. The highest BCUT2D eigenvalue weighted by molar-refractivity contribution is 9.10. The number of aryl methyl sites for hydroxylation is 2. The Morgan fingerprint density at radius 1 is 1.22 bits per heavy atom. The van der Waals surface area contributed by atoms with E-state index in [0.29, 0.717) is 0 Å². The zero-order valence-electron chi connectivity index (χ0n) is 12.6. The average Bonchev–Trinajstić information content (AvgIpc) is 3.02. The zero-order valence-corrected chi connectivity index (χ0v) is 14.2. The third-order valence-corrected chi connectivity index (χ3v) is 4.46. The van der Waals surface area contributed by atoms with E-state index in [4.69, 9.17) is 4.74 Å². The average molecular weight is 373 g/mol. The van der Waals surface area contributed by atoms with E-state index < -0.39 is 0 Å². The van der Waals surface area contributed by atoms with Gasteiger partial charge in [0, 0.05) is 10.0 Å². The van der Waals surface area contributed by atoms with Crippen molar-refractivity contribution < 1.29 is 9.53 Å². The number of fused-ring (bicyclic) bond motifs is 1. The van der Waals surface area contributed by atoms with Gasteiger partial charge < -0.3 is 4.74 Å². The molecule has 1 aliphatic carbocycles. The summed E-state index contributed by atoms with van der Waals surface area (Å²) < 4.78 is 6.45. The monoisotopic (exact) mass is 372 g/mol. The summed E-state index contributed by atoms with van der Waals surface area (Å²) in [7, 11) is 0. The number of carbonyl (C=O) groups is 1. The second-order valence-corrected chi connectivity index (χ2v) is 6.24. The van der Waals surface area contributed by atoms with E-state index in [2.05, 4.69) is 32.5 Å². The molecule has 0 aromatic heterocycles. The van der Waals surface area contributed by atoms with E-state index in [1.165, 1.54) is 17.5 Å². The van der Waals surface area contributed by atoms with Gasteiger partial charge in [-0.2, -0.15) is 5.10 Å². The van der Waals surface area contributed by atoms with Gasteiger partial charge in [-0.05, 0) is 48.6 Å². The first-order valence-electron chi connectivity index (χ1n) is 7.53. The van der Waals surface area contributed by atoms with Gasteiger partial charge in [-0.25, -0.2) is 5.43 Å². The van der Waals surface area contributed by atoms with Gasteiger partial charge in [0.05, 0.1) is 6.21 Å². The highest BCUT2D eigenvalue weighted by atomic mass is 79.9. The van der Waals surface area contributed by atoms with Crippen molar-refractivity contribution >= 4 is 28.1 Å². The maximum absolute atomic E-state index is 11.8. The number of hydrogen-bond donors (Lipinski definition) is 1.